The summed E-state index contributed by atoms with van der Waals surface area (Å²) in [4.78, 5) is 31.1. The summed E-state index contributed by atoms with van der Waals surface area (Å²) in [6.07, 6.45) is 1.38. The van der Waals surface area contributed by atoms with Crippen molar-refractivity contribution in [2.45, 2.75) is 25.7 Å². The second-order valence-electron chi connectivity index (χ2n) is 7.21. The maximum atomic E-state index is 13.1. The van der Waals surface area contributed by atoms with E-state index in [1.54, 1.807) is 24.9 Å². The number of carbonyl (C=O) groups is 2. The van der Waals surface area contributed by atoms with E-state index in [9.17, 15) is 14.0 Å². The van der Waals surface area contributed by atoms with Gasteiger partial charge in [-0.2, -0.15) is 0 Å². The molecule has 0 unspecified atom stereocenters. The molecule has 0 saturated carbocycles. The Kier molecular flexibility index (Phi) is 5.00. The Morgan fingerprint density at radius 2 is 1.90 bits per heavy atom. The summed E-state index contributed by atoms with van der Waals surface area (Å²) in [7, 11) is 1.58. The Balaban J connectivity index is 1.56. The van der Waals surface area contributed by atoms with Crippen LogP contribution in [0.5, 0.6) is 0 Å². The van der Waals surface area contributed by atoms with Crippen molar-refractivity contribution in [2.75, 3.05) is 20.1 Å². The van der Waals surface area contributed by atoms with Gasteiger partial charge >= 0.3 is 0 Å². The monoisotopic (exact) mass is 396 g/mol. The number of nitrogens with zero attached hydrogens (tertiary/aromatic N) is 3. The number of hydrogen-bond donors (Lipinski definition) is 1. The highest BCUT2D eigenvalue weighted by Gasteiger charge is 2.30. The normalized spacial score (nSPS) is 14.9. The Labute approximate surface area is 166 Å². The first-order valence-corrected chi connectivity index (χ1v) is 9.51. The number of benzene rings is 1. The van der Waals surface area contributed by atoms with Gasteiger partial charge in [0.15, 0.2) is 0 Å². The van der Waals surface area contributed by atoms with Crippen molar-refractivity contribution in [2.24, 2.45) is 0 Å². The van der Waals surface area contributed by atoms with Crippen molar-refractivity contribution < 1.29 is 18.5 Å². The summed E-state index contributed by atoms with van der Waals surface area (Å²) >= 11 is 0. The number of piperidine rings is 1. The molecule has 29 heavy (non-hydrogen) atoms. The lowest BCUT2D eigenvalue weighted by atomic mass is 9.90. The number of carbonyl (C=O) groups excluding carboxylic acids is 2. The third-order valence-electron chi connectivity index (χ3n) is 5.33. The molecule has 1 N–H and O–H groups in total. The summed E-state index contributed by atoms with van der Waals surface area (Å²) in [5.74, 6) is -0.638. The van der Waals surface area contributed by atoms with E-state index in [1.165, 1.54) is 24.3 Å². The van der Waals surface area contributed by atoms with E-state index < -0.39 is 0 Å². The molecule has 3 heterocycles. The number of hydrogen-bond acceptors (Lipinski definition) is 5. The van der Waals surface area contributed by atoms with Crippen LogP contribution in [0.3, 0.4) is 0 Å². The third kappa shape index (κ3) is 3.57. The van der Waals surface area contributed by atoms with Crippen molar-refractivity contribution in [1.82, 2.24) is 20.4 Å². The second kappa shape index (κ2) is 7.62. The van der Waals surface area contributed by atoms with Gasteiger partial charge in [-0.25, -0.2) is 9.37 Å². The maximum absolute atomic E-state index is 13.1. The smallest absolute Gasteiger partial charge is 0.259 e. The summed E-state index contributed by atoms with van der Waals surface area (Å²) < 4.78 is 18.5. The Hall–Kier alpha value is -3.29. The predicted molar refractivity (Wildman–Crippen MR) is 104 cm³/mol. The molecule has 2 aromatic heterocycles. The molecule has 1 aliphatic heterocycles. The molecule has 1 aliphatic rings. The highest BCUT2D eigenvalue weighted by molar-refractivity contribution is 6.06. The van der Waals surface area contributed by atoms with Gasteiger partial charge in [-0.3, -0.25) is 9.59 Å². The van der Waals surface area contributed by atoms with E-state index in [1.807, 2.05) is 0 Å². The van der Waals surface area contributed by atoms with Gasteiger partial charge in [0.05, 0.1) is 16.6 Å². The summed E-state index contributed by atoms with van der Waals surface area (Å²) in [6, 6.07) is 7.31. The lowest BCUT2D eigenvalue weighted by Gasteiger charge is -2.31. The fourth-order valence-corrected chi connectivity index (χ4v) is 3.82. The summed E-state index contributed by atoms with van der Waals surface area (Å²) in [5.41, 5.74) is 2.70. The van der Waals surface area contributed by atoms with Crippen LogP contribution in [0.2, 0.25) is 0 Å². The van der Waals surface area contributed by atoms with E-state index in [-0.39, 0.29) is 23.5 Å². The quantitative estimate of drug-likeness (QED) is 0.735. The molecule has 0 radical (unpaired) electrons. The van der Waals surface area contributed by atoms with Gasteiger partial charge in [0.25, 0.3) is 17.5 Å². The van der Waals surface area contributed by atoms with Crippen LogP contribution >= 0.6 is 0 Å². The van der Waals surface area contributed by atoms with Gasteiger partial charge in [-0.15, -0.1) is 0 Å². The van der Waals surface area contributed by atoms with Crippen LogP contribution in [0.15, 0.2) is 34.9 Å². The molecule has 0 bridgehead atoms. The van der Waals surface area contributed by atoms with E-state index in [4.69, 9.17) is 4.52 Å². The molecule has 7 nitrogen and oxygen atoms in total. The number of fused-ring (bicyclic) bond motifs is 1. The van der Waals surface area contributed by atoms with Crippen LogP contribution in [0.1, 0.15) is 50.9 Å². The van der Waals surface area contributed by atoms with Crippen LogP contribution in [0, 0.1) is 12.7 Å². The Morgan fingerprint density at radius 1 is 1.21 bits per heavy atom. The fourth-order valence-electron chi connectivity index (χ4n) is 3.82. The van der Waals surface area contributed by atoms with Crippen molar-refractivity contribution in [3.05, 3.63) is 58.7 Å². The lowest BCUT2D eigenvalue weighted by molar-refractivity contribution is 0.0711. The molecular formula is C21H21FN4O3. The van der Waals surface area contributed by atoms with E-state index in [0.717, 1.165) is 0 Å². The zero-order valence-corrected chi connectivity index (χ0v) is 16.2. The van der Waals surface area contributed by atoms with E-state index in [0.29, 0.717) is 59.5 Å². The summed E-state index contributed by atoms with van der Waals surface area (Å²) in [6.45, 7) is 2.89. The minimum Gasteiger partial charge on any atom is -0.355 e. The number of rotatable bonds is 3. The first kappa shape index (κ1) is 19.0. The molecule has 0 atom stereocenters. The van der Waals surface area contributed by atoms with Crippen molar-refractivity contribution in [3.8, 4) is 0 Å². The molecular weight excluding hydrogens is 375 g/mol. The SMILES string of the molecule is CNC(=O)c1cc(C)nc2onc(C3CCN(C(=O)c4ccc(F)cc4)CC3)c12. The molecule has 8 heteroatoms. The van der Waals surface area contributed by atoms with Gasteiger partial charge in [0.2, 0.25) is 0 Å². The number of aryl methyl sites for hydroxylation is 1. The lowest BCUT2D eigenvalue weighted by Crippen LogP contribution is -2.38. The highest BCUT2D eigenvalue weighted by atomic mass is 19.1. The standard InChI is InChI=1S/C21H21FN4O3/c1-12-11-16(19(27)23-2)17-18(25-29-20(17)24-12)13-7-9-26(10-8-13)21(28)14-3-5-15(22)6-4-14/h3-6,11,13H,7-10H2,1-2H3,(H,23,27). The van der Waals surface area contributed by atoms with Gasteiger partial charge in [-0.1, -0.05) is 5.16 Å². The molecule has 0 spiro atoms. The third-order valence-corrected chi connectivity index (χ3v) is 5.33. The number of halogens is 1. The van der Waals surface area contributed by atoms with E-state index >= 15 is 0 Å². The molecule has 150 valence electrons. The molecule has 1 saturated heterocycles. The minimum absolute atomic E-state index is 0.0569. The minimum atomic E-state index is -0.367. The molecule has 4 rings (SSSR count). The number of nitrogens with one attached hydrogen (secondary N) is 1. The first-order valence-electron chi connectivity index (χ1n) is 9.51. The number of pyridine rings is 1. The Morgan fingerprint density at radius 3 is 2.55 bits per heavy atom. The number of likely N-dealkylation sites (tertiary alicyclic amines) is 1. The van der Waals surface area contributed by atoms with Gasteiger partial charge in [-0.05, 0) is 50.1 Å². The van der Waals surface area contributed by atoms with Crippen LogP contribution in [-0.2, 0) is 0 Å². The highest BCUT2D eigenvalue weighted by Crippen LogP contribution is 2.34. The van der Waals surface area contributed by atoms with Crippen LogP contribution in [0.4, 0.5) is 4.39 Å². The largest absolute Gasteiger partial charge is 0.355 e. The van der Waals surface area contributed by atoms with Crippen molar-refractivity contribution >= 4 is 22.9 Å². The number of aromatic nitrogens is 2. The maximum Gasteiger partial charge on any atom is 0.259 e. The Bertz CT molecular complexity index is 1070. The van der Waals surface area contributed by atoms with E-state index in [2.05, 4.69) is 15.5 Å². The topological polar surface area (TPSA) is 88.3 Å². The molecule has 1 fully saturated rings. The van der Waals surface area contributed by atoms with Crippen molar-refractivity contribution in [1.29, 1.82) is 0 Å². The molecule has 2 amide bonds. The zero-order chi connectivity index (χ0) is 20.5. The molecule has 1 aromatic carbocycles. The van der Waals surface area contributed by atoms with Gasteiger partial charge < -0.3 is 14.7 Å². The predicted octanol–water partition coefficient (Wildman–Crippen LogP) is 3.05. The fraction of sp³-hybridized carbons (Fsp3) is 0.333. The average molecular weight is 396 g/mol. The van der Waals surface area contributed by atoms with Crippen molar-refractivity contribution in [3.63, 3.8) is 0 Å². The molecule has 3 aromatic rings. The zero-order valence-electron chi connectivity index (χ0n) is 16.2. The molecule has 0 aliphatic carbocycles. The number of amides is 2. The second-order valence-corrected chi connectivity index (χ2v) is 7.21. The van der Waals surface area contributed by atoms with Gasteiger partial charge in [0.1, 0.15) is 5.82 Å². The summed E-state index contributed by atoms with van der Waals surface area (Å²) in [5, 5.41) is 7.50. The van der Waals surface area contributed by atoms with Crippen LogP contribution < -0.4 is 5.32 Å². The average Bonchev–Trinajstić information content (AvgIpc) is 3.16. The van der Waals surface area contributed by atoms with Crippen LogP contribution in [-0.4, -0.2) is 47.0 Å². The van der Waals surface area contributed by atoms with Gasteiger partial charge in [0, 0.05) is 37.3 Å². The van der Waals surface area contributed by atoms with Crippen LogP contribution in [0.25, 0.3) is 11.1 Å². The first-order chi connectivity index (χ1) is 14.0.